The van der Waals surface area contributed by atoms with Crippen LogP contribution in [0.1, 0.15) is 39.0 Å². The van der Waals surface area contributed by atoms with Crippen LogP contribution in [0.25, 0.3) is 0 Å². The first-order chi connectivity index (χ1) is 9.55. The summed E-state index contributed by atoms with van der Waals surface area (Å²) >= 11 is 0. The van der Waals surface area contributed by atoms with Gasteiger partial charge in [-0.25, -0.2) is 29.0 Å². The van der Waals surface area contributed by atoms with E-state index in [2.05, 4.69) is 27.0 Å². The number of sulfonamides is 1. The maximum atomic E-state index is 12.3. The molecule has 0 radical (unpaired) electrons. The number of hydrogen-bond acceptors (Lipinski definition) is 6. The maximum absolute atomic E-state index is 12.3. The Bertz CT molecular complexity index is 531. The SMILES string of the molecule is CCC1CCCC(NS(=O)(=O)c2cnc(NN)nc2)C1. The van der Waals surface area contributed by atoms with Crippen LogP contribution in [0.2, 0.25) is 0 Å². The average Bonchev–Trinajstić information content (AvgIpc) is 2.47. The Kier molecular flexibility index (Phi) is 4.90. The molecule has 2 rings (SSSR count). The molecule has 1 aromatic rings. The number of anilines is 1. The summed E-state index contributed by atoms with van der Waals surface area (Å²) in [6, 6.07) is 0.00556. The molecule has 2 unspecified atom stereocenters. The fraction of sp³-hybridized carbons (Fsp3) is 0.667. The summed E-state index contributed by atoms with van der Waals surface area (Å²) in [6.45, 7) is 2.15. The molecule has 0 aromatic carbocycles. The van der Waals surface area contributed by atoms with Gasteiger partial charge < -0.3 is 0 Å². The van der Waals surface area contributed by atoms with E-state index >= 15 is 0 Å². The van der Waals surface area contributed by atoms with E-state index in [0.717, 1.165) is 25.7 Å². The van der Waals surface area contributed by atoms with Gasteiger partial charge in [0.05, 0.1) is 12.4 Å². The van der Waals surface area contributed by atoms with Crippen molar-refractivity contribution in [2.45, 2.75) is 50.0 Å². The van der Waals surface area contributed by atoms with Crippen molar-refractivity contribution >= 4 is 16.0 Å². The number of nitrogen functional groups attached to an aromatic ring is 1. The molecule has 0 saturated heterocycles. The molecule has 1 saturated carbocycles. The topological polar surface area (TPSA) is 110 Å². The van der Waals surface area contributed by atoms with Crippen LogP contribution in [0.4, 0.5) is 5.95 Å². The molecule has 20 heavy (non-hydrogen) atoms. The first-order valence-electron chi connectivity index (χ1n) is 6.86. The zero-order chi connectivity index (χ0) is 14.6. The highest BCUT2D eigenvalue weighted by molar-refractivity contribution is 7.89. The molecular formula is C12H21N5O2S. The molecule has 1 heterocycles. The van der Waals surface area contributed by atoms with Gasteiger partial charge in [0.15, 0.2) is 0 Å². The van der Waals surface area contributed by atoms with Gasteiger partial charge in [-0.15, -0.1) is 0 Å². The summed E-state index contributed by atoms with van der Waals surface area (Å²) in [4.78, 5) is 7.71. The van der Waals surface area contributed by atoms with Crippen molar-refractivity contribution in [2.75, 3.05) is 5.43 Å². The van der Waals surface area contributed by atoms with E-state index in [-0.39, 0.29) is 16.9 Å². The zero-order valence-corrected chi connectivity index (χ0v) is 12.4. The molecule has 1 aromatic heterocycles. The third-order valence-electron chi connectivity index (χ3n) is 3.75. The molecule has 1 aliphatic rings. The van der Waals surface area contributed by atoms with E-state index in [0.29, 0.717) is 5.92 Å². The lowest BCUT2D eigenvalue weighted by atomic mass is 9.85. The minimum absolute atomic E-state index is 0.00556. The predicted octanol–water partition coefficient (Wildman–Crippen LogP) is 1.01. The van der Waals surface area contributed by atoms with Gasteiger partial charge in [-0.05, 0) is 18.8 Å². The van der Waals surface area contributed by atoms with Gasteiger partial charge in [-0.2, -0.15) is 0 Å². The molecule has 0 aliphatic heterocycles. The third-order valence-corrected chi connectivity index (χ3v) is 5.22. The van der Waals surface area contributed by atoms with Crippen molar-refractivity contribution in [1.29, 1.82) is 0 Å². The van der Waals surface area contributed by atoms with Gasteiger partial charge in [0.1, 0.15) is 4.90 Å². The Morgan fingerprint density at radius 3 is 2.65 bits per heavy atom. The number of hydrazine groups is 1. The van der Waals surface area contributed by atoms with Gasteiger partial charge in [0, 0.05) is 6.04 Å². The van der Waals surface area contributed by atoms with E-state index in [9.17, 15) is 8.42 Å². The van der Waals surface area contributed by atoms with E-state index in [1.165, 1.54) is 18.8 Å². The van der Waals surface area contributed by atoms with Gasteiger partial charge >= 0.3 is 0 Å². The van der Waals surface area contributed by atoms with Gasteiger partial charge in [-0.1, -0.05) is 26.2 Å². The standard InChI is InChI=1S/C12H21N5O2S/c1-2-9-4-3-5-10(6-9)17-20(18,19)11-7-14-12(16-13)15-8-11/h7-10,17H,2-6,13H2,1H3,(H,14,15,16). The number of hydrogen-bond donors (Lipinski definition) is 3. The average molecular weight is 299 g/mol. The van der Waals surface area contributed by atoms with Crippen molar-refractivity contribution in [3.63, 3.8) is 0 Å². The number of nitrogens with zero attached hydrogens (tertiary/aromatic N) is 2. The highest BCUT2D eigenvalue weighted by atomic mass is 32.2. The number of aromatic nitrogens is 2. The van der Waals surface area contributed by atoms with E-state index in [1.54, 1.807) is 0 Å². The van der Waals surface area contributed by atoms with Gasteiger partial charge in [0.2, 0.25) is 16.0 Å². The molecule has 0 bridgehead atoms. The summed E-state index contributed by atoms with van der Waals surface area (Å²) < 4.78 is 27.3. The number of nitrogens with two attached hydrogens (primary N) is 1. The first-order valence-corrected chi connectivity index (χ1v) is 8.34. The summed E-state index contributed by atoms with van der Waals surface area (Å²) in [5, 5.41) is 0. The zero-order valence-electron chi connectivity index (χ0n) is 11.5. The Morgan fingerprint density at radius 2 is 2.05 bits per heavy atom. The predicted molar refractivity (Wildman–Crippen MR) is 76.2 cm³/mol. The van der Waals surface area contributed by atoms with Crippen LogP contribution in [0.5, 0.6) is 0 Å². The van der Waals surface area contributed by atoms with Crippen LogP contribution in [-0.2, 0) is 10.0 Å². The Hall–Kier alpha value is -1.25. The Morgan fingerprint density at radius 1 is 1.35 bits per heavy atom. The monoisotopic (exact) mass is 299 g/mol. The lowest BCUT2D eigenvalue weighted by Crippen LogP contribution is -2.38. The normalized spacial score (nSPS) is 23.5. The molecule has 1 fully saturated rings. The highest BCUT2D eigenvalue weighted by Crippen LogP contribution is 2.27. The van der Waals surface area contributed by atoms with Crippen LogP contribution in [0.3, 0.4) is 0 Å². The van der Waals surface area contributed by atoms with Crippen LogP contribution in [-0.4, -0.2) is 24.4 Å². The fourth-order valence-electron chi connectivity index (χ4n) is 2.59. The van der Waals surface area contributed by atoms with Crippen LogP contribution in [0, 0.1) is 5.92 Å². The van der Waals surface area contributed by atoms with Crippen molar-refractivity contribution in [3.8, 4) is 0 Å². The second kappa shape index (κ2) is 6.47. The third kappa shape index (κ3) is 3.65. The summed E-state index contributed by atoms with van der Waals surface area (Å²) in [7, 11) is -3.56. The Balaban J connectivity index is 2.06. The molecule has 2 atom stereocenters. The lowest BCUT2D eigenvalue weighted by molar-refractivity contribution is 0.301. The van der Waals surface area contributed by atoms with E-state index in [4.69, 9.17) is 5.84 Å². The van der Waals surface area contributed by atoms with E-state index in [1.807, 2.05) is 0 Å². The summed E-state index contributed by atoms with van der Waals surface area (Å²) in [5.41, 5.74) is 2.26. The van der Waals surface area contributed by atoms with E-state index < -0.39 is 10.0 Å². The van der Waals surface area contributed by atoms with Crippen LogP contribution < -0.4 is 16.0 Å². The lowest BCUT2D eigenvalue weighted by Gasteiger charge is -2.28. The minimum atomic E-state index is -3.56. The fourth-order valence-corrected chi connectivity index (χ4v) is 3.76. The van der Waals surface area contributed by atoms with Crippen LogP contribution in [0.15, 0.2) is 17.3 Å². The van der Waals surface area contributed by atoms with Gasteiger partial charge in [-0.3, -0.25) is 5.43 Å². The maximum Gasteiger partial charge on any atom is 0.243 e. The molecule has 8 heteroatoms. The van der Waals surface area contributed by atoms with Crippen molar-refractivity contribution in [3.05, 3.63) is 12.4 Å². The minimum Gasteiger partial charge on any atom is -0.292 e. The molecule has 1 aliphatic carbocycles. The smallest absolute Gasteiger partial charge is 0.243 e. The molecular weight excluding hydrogens is 278 g/mol. The quantitative estimate of drug-likeness (QED) is 0.553. The number of nitrogens with one attached hydrogen (secondary N) is 2. The summed E-state index contributed by atoms with van der Waals surface area (Å²) in [5.74, 6) is 5.94. The molecule has 7 nitrogen and oxygen atoms in total. The Labute approximate surface area is 119 Å². The van der Waals surface area contributed by atoms with Crippen molar-refractivity contribution in [1.82, 2.24) is 14.7 Å². The van der Waals surface area contributed by atoms with Gasteiger partial charge in [0.25, 0.3) is 0 Å². The first kappa shape index (κ1) is 15.1. The highest BCUT2D eigenvalue weighted by Gasteiger charge is 2.26. The molecule has 112 valence electrons. The second-order valence-electron chi connectivity index (χ2n) is 5.15. The number of rotatable bonds is 5. The molecule has 0 spiro atoms. The summed E-state index contributed by atoms with van der Waals surface area (Å²) in [6.07, 6.45) is 7.65. The largest absolute Gasteiger partial charge is 0.292 e. The molecule has 4 N–H and O–H groups in total. The van der Waals surface area contributed by atoms with Crippen molar-refractivity contribution < 1.29 is 8.42 Å². The second-order valence-corrected chi connectivity index (χ2v) is 6.86. The van der Waals surface area contributed by atoms with Crippen molar-refractivity contribution in [2.24, 2.45) is 11.8 Å². The van der Waals surface area contributed by atoms with Crippen LogP contribution >= 0.6 is 0 Å². The molecule has 0 amide bonds.